The van der Waals surface area contributed by atoms with Crippen LogP contribution < -0.4 is 10.2 Å². The molecule has 0 spiro atoms. The summed E-state index contributed by atoms with van der Waals surface area (Å²) in [4.78, 5) is 14.9. The Morgan fingerprint density at radius 1 is 1.06 bits per heavy atom. The Kier molecular flexibility index (Phi) is 6.29. The van der Waals surface area contributed by atoms with E-state index in [2.05, 4.69) is 15.5 Å². The molecule has 3 aromatic carbocycles. The van der Waals surface area contributed by atoms with Gasteiger partial charge >= 0.3 is 0 Å². The zero-order valence-electron chi connectivity index (χ0n) is 16.3. The minimum atomic E-state index is -0.419. The van der Waals surface area contributed by atoms with E-state index in [4.69, 9.17) is 4.74 Å². The van der Waals surface area contributed by atoms with Gasteiger partial charge in [0.1, 0.15) is 12.4 Å². The number of aromatic nitrogens is 1. The van der Waals surface area contributed by atoms with Crippen molar-refractivity contribution in [2.24, 2.45) is 5.10 Å². The predicted molar refractivity (Wildman–Crippen MR) is 123 cm³/mol. The first-order chi connectivity index (χ1) is 15.2. The van der Waals surface area contributed by atoms with Gasteiger partial charge in [0, 0.05) is 23.1 Å². The summed E-state index contributed by atoms with van der Waals surface area (Å²) in [5.41, 5.74) is 6.31. The third-order valence-corrected chi connectivity index (χ3v) is 5.11. The fourth-order valence-corrected chi connectivity index (χ4v) is 3.46. The van der Waals surface area contributed by atoms with E-state index in [0.29, 0.717) is 23.0 Å². The summed E-state index contributed by atoms with van der Waals surface area (Å²) in [6, 6.07) is 24.0. The van der Waals surface area contributed by atoms with Crippen molar-refractivity contribution in [2.45, 2.75) is 6.61 Å². The van der Waals surface area contributed by atoms with Crippen molar-refractivity contribution in [1.82, 2.24) is 4.98 Å². The van der Waals surface area contributed by atoms with Crippen molar-refractivity contribution in [2.75, 3.05) is 5.43 Å². The van der Waals surface area contributed by atoms with Gasteiger partial charge in [-0.2, -0.15) is 5.10 Å². The summed E-state index contributed by atoms with van der Waals surface area (Å²) in [6.45, 7) is 0.521. The largest absolute Gasteiger partial charge is 0.489 e. The topological polar surface area (TPSA) is 89.7 Å². The second kappa shape index (κ2) is 9.64. The van der Waals surface area contributed by atoms with E-state index in [1.54, 1.807) is 18.3 Å². The maximum Gasteiger partial charge on any atom is 0.270 e. The number of nitrogens with one attached hydrogen (secondary N) is 1. The number of hydrogen-bond donors (Lipinski definition) is 1. The van der Waals surface area contributed by atoms with E-state index in [1.807, 2.05) is 60.0 Å². The zero-order valence-corrected chi connectivity index (χ0v) is 17.2. The molecule has 8 heteroatoms. The number of anilines is 1. The molecule has 7 nitrogen and oxygen atoms in total. The van der Waals surface area contributed by atoms with Crippen molar-refractivity contribution in [3.8, 4) is 17.0 Å². The predicted octanol–water partition coefficient (Wildman–Crippen LogP) is 5.74. The fraction of sp³-hybridized carbons (Fsp3) is 0.0435. The summed E-state index contributed by atoms with van der Waals surface area (Å²) >= 11 is 1.37. The van der Waals surface area contributed by atoms with Crippen LogP contribution in [0.2, 0.25) is 0 Å². The van der Waals surface area contributed by atoms with Gasteiger partial charge in [-0.15, -0.1) is 11.3 Å². The van der Waals surface area contributed by atoms with E-state index in [-0.39, 0.29) is 5.69 Å². The van der Waals surface area contributed by atoms with Crippen LogP contribution in [0.5, 0.6) is 5.75 Å². The number of hydrogen-bond acceptors (Lipinski definition) is 7. The van der Waals surface area contributed by atoms with Gasteiger partial charge in [-0.25, -0.2) is 4.98 Å². The number of rotatable bonds is 8. The van der Waals surface area contributed by atoms with Crippen molar-refractivity contribution in [3.05, 3.63) is 105 Å². The van der Waals surface area contributed by atoms with E-state index < -0.39 is 4.92 Å². The molecule has 4 aromatic rings. The average molecular weight is 430 g/mol. The normalized spacial score (nSPS) is 10.8. The van der Waals surface area contributed by atoms with Crippen LogP contribution in [0.4, 0.5) is 10.8 Å². The molecule has 1 N–H and O–H groups in total. The molecule has 0 bridgehead atoms. The number of hydrazone groups is 1. The van der Waals surface area contributed by atoms with Gasteiger partial charge in [-0.05, 0) is 35.4 Å². The molecule has 0 atom stereocenters. The van der Waals surface area contributed by atoms with Gasteiger partial charge in [-0.3, -0.25) is 15.5 Å². The standard InChI is InChI=1S/C23H18N4O3S/c28-27(29)20-8-4-7-19(13-20)22-16-31-23(25-22)26-24-14-17-9-11-21(12-10-17)30-15-18-5-2-1-3-6-18/h1-14,16H,15H2,(H,25,26)/b24-14-. The SMILES string of the molecule is O=[N+]([O-])c1cccc(-c2csc(N/N=C\c3ccc(OCc4ccccc4)cc3)n2)c1. The second-order valence-corrected chi connectivity index (χ2v) is 7.42. The molecule has 1 aromatic heterocycles. The van der Waals surface area contributed by atoms with Crippen LogP contribution in [0.15, 0.2) is 89.3 Å². The second-order valence-electron chi connectivity index (χ2n) is 6.56. The highest BCUT2D eigenvalue weighted by Crippen LogP contribution is 2.27. The molecule has 0 saturated heterocycles. The van der Waals surface area contributed by atoms with Crippen LogP contribution in [0, 0.1) is 10.1 Å². The minimum absolute atomic E-state index is 0.0363. The Morgan fingerprint density at radius 2 is 1.87 bits per heavy atom. The Bertz CT molecular complexity index is 1190. The highest BCUT2D eigenvalue weighted by atomic mass is 32.1. The summed E-state index contributed by atoms with van der Waals surface area (Å²) < 4.78 is 5.78. The molecule has 4 rings (SSSR count). The van der Waals surface area contributed by atoms with Crippen molar-refractivity contribution >= 4 is 28.4 Å². The Hall–Kier alpha value is -4.04. The molecule has 154 valence electrons. The first kappa shape index (κ1) is 20.2. The zero-order chi connectivity index (χ0) is 21.5. The molecular weight excluding hydrogens is 412 g/mol. The van der Waals surface area contributed by atoms with E-state index >= 15 is 0 Å². The molecule has 0 fully saturated rings. The highest BCUT2D eigenvalue weighted by Gasteiger charge is 2.09. The summed E-state index contributed by atoms with van der Waals surface area (Å²) in [7, 11) is 0. The van der Waals surface area contributed by atoms with E-state index in [9.17, 15) is 10.1 Å². The lowest BCUT2D eigenvalue weighted by Gasteiger charge is -2.06. The third-order valence-electron chi connectivity index (χ3n) is 4.36. The van der Waals surface area contributed by atoms with Gasteiger partial charge in [0.15, 0.2) is 0 Å². The Morgan fingerprint density at radius 3 is 2.65 bits per heavy atom. The van der Waals surface area contributed by atoms with Crippen LogP contribution in [0.3, 0.4) is 0 Å². The quantitative estimate of drug-likeness (QED) is 0.219. The molecule has 0 aliphatic rings. The van der Waals surface area contributed by atoms with Gasteiger partial charge in [0.05, 0.1) is 16.8 Å². The van der Waals surface area contributed by atoms with Crippen molar-refractivity contribution in [1.29, 1.82) is 0 Å². The van der Waals surface area contributed by atoms with Gasteiger partial charge < -0.3 is 4.74 Å². The van der Waals surface area contributed by atoms with Crippen LogP contribution in [0.25, 0.3) is 11.3 Å². The molecule has 0 aliphatic heterocycles. The van der Waals surface area contributed by atoms with Crippen molar-refractivity contribution < 1.29 is 9.66 Å². The van der Waals surface area contributed by atoms with Crippen molar-refractivity contribution in [3.63, 3.8) is 0 Å². The van der Waals surface area contributed by atoms with Gasteiger partial charge in [0.2, 0.25) is 5.13 Å². The number of ether oxygens (including phenoxy) is 1. The molecule has 0 radical (unpaired) electrons. The Labute approximate surface area is 182 Å². The molecule has 0 saturated carbocycles. The first-order valence-corrected chi connectivity index (χ1v) is 10.3. The van der Waals surface area contributed by atoms with Crippen LogP contribution in [0.1, 0.15) is 11.1 Å². The van der Waals surface area contributed by atoms with Crippen LogP contribution >= 0.6 is 11.3 Å². The number of nitro benzene ring substituents is 1. The average Bonchev–Trinajstić information content (AvgIpc) is 3.28. The highest BCUT2D eigenvalue weighted by molar-refractivity contribution is 7.14. The smallest absolute Gasteiger partial charge is 0.270 e. The lowest BCUT2D eigenvalue weighted by Crippen LogP contribution is -1.95. The van der Waals surface area contributed by atoms with E-state index in [1.165, 1.54) is 23.5 Å². The maximum atomic E-state index is 10.9. The third kappa shape index (κ3) is 5.52. The number of non-ortho nitro benzene ring substituents is 1. The van der Waals surface area contributed by atoms with Gasteiger partial charge in [-0.1, -0.05) is 42.5 Å². The molecule has 0 aliphatic carbocycles. The summed E-state index contributed by atoms with van der Waals surface area (Å²) in [5, 5.41) is 17.6. The lowest BCUT2D eigenvalue weighted by atomic mass is 10.1. The lowest BCUT2D eigenvalue weighted by molar-refractivity contribution is -0.384. The van der Waals surface area contributed by atoms with Gasteiger partial charge in [0.25, 0.3) is 5.69 Å². The number of nitro groups is 1. The Balaban J connectivity index is 1.33. The number of thiazole rings is 1. The molecule has 31 heavy (non-hydrogen) atoms. The monoisotopic (exact) mass is 430 g/mol. The molecule has 0 amide bonds. The van der Waals surface area contributed by atoms with E-state index in [0.717, 1.165) is 16.9 Å². The van der Waals surface area contributed by atoms with Crippen LogP contribution in [-0.4, -0.2) is 16.1 Å². The number of nitrogens with zero attached hydrogens (tertiary/aromatic N) is 3. The molecule has 1 heterocycles. The first-order valence-electron chi connectivity index (χ1n) is 9.43. The number of benzene rings is 3. The van der Waals surface area contributed by atoms with Crippen LogP contribution in [-0.2, 0) is 6.61 Å². The molecule has 0 unspecified atom stereocenters. The maximum absolute atomic E-state index is 10.9. The minimum Gasteiger partial charge on any atom is -0.489 e. The molecular formula is C23H18N4O3S. The fourth-order valence-electron chi connectivity index (χ4n) is 2.79. The summed E-state index contributed by atoms with van der Waals surface area (Å²) in [5.74, 6) is 0.787. The summed E-state index contributed by atoms with van der Waals surface area (Å²) in [6.07, 6.45) is 1.69.